The molecule has 0 radical (unpaired) electrons. The lowest BCUT2D eigenvalue weighted by molar-refractivity contribution is 0.0918. The van der Waals surface area contributed by atoms with Crippen LogP contribution in [0.25, 0.3) is 0 Å². The Morgan fingerprint density at radius 2 is 1.73 bits per heavy atom. The number of hydrogen-bond acceptors (Lipinski definition) is 1. The molecule has 2 aromatic rings. The molecule has 4 heteroatoms. The highest BCUT2D eigenvalue weighted by atomic mass is 127. The van der Waals surface area contributed by atoms with E-state index in [1.807, 2.05) is 42.5 Å². The highest BCUT2D eigenvalue weighted by molar-refractivity contribution is 14.1. The minimum atomic E-state index is 0.211. The predicted molar refractivity (Wildman–Crippen MR) is 100 cm³/mol. The van der Waals surface area contributed by atoms with Gasteiger partial charge in [-0.2, -0.15) is 0 Å². The second-order valence-corrected chi connectivity index (χ2v) is 7.66. The van der Waals surface area contributed by atoms with Gasteiger partial charge >= 0.3 is 0 Å². The molecular weight excluding hydrogens is 430 g/mol. The van der Waals surface area contributed by atoms with Crippen LogP contribution in [0.4, 0.5) is 0 Å². The summed E-state index contributed by atoms with van der Waals surface area (Å²) in [5.74, 6) is 0.843. The Kier molecular flexibility index (Phi) is 5.10. The topological polar surface area (TPSA) is 17.1 Å². The van der Waals surface area contributed by atoms with Crippen molar-refractivity contribution in [3.8, 4) is 0 Å². The highest BCUT2D eigenvalue weighted by Gasteiger charge is 2.36. The molecule has 0 aromatic heterocycles. The highest BCUT2D eigenvalue weighted by Crippen LogP contribution is 2.49. The van der Waals surface area contributed by atoms with Gasteiger partial charge in [-0.25, -0.2) is 0 Å². The molecule has 2 aromatic carbocycles. The van der Waals surface area contributed by atoms with Gasteiger partial charge in [0.1, 0.15) is 0 Å². The van der Waals surface area contributed by atoms with Crippen molar-refractivity contribution >= 4 is 51.6 Å². The van der Waals surface area contributed by atoms with Crippen molar-refractivity contribution in [2.75, 3.05) is 0 Å². The van der Waals surface area contributed by atoms with Crippen LogP contribution in [0.1, 0.15) is 41.1 Å². The van der Waals surface area contributed by atoms with E-state index in [9.17, 15) is 4.79 Å². The van der Waals surface area contributed by atoms with Crippen LogP contribution < -0.4 is 0 Å². The first kappa shape index (κ1) is 16.3. The fourth-order valence-electron chi connectivity index (χ4n) is 3.09. The molecule has 0 bridgehead atoms. The van der Waals surface area contributed by atoms with Crippen LogP contribution in [0, 0.1) is 9.49 Å². The van der Waals surface area contributed by atoms with Gasteiger partial charge in [0, 0.05) is 25.6 Å². The van der Waals surface area contributed by atoms with Crippen molar-refractivity contribution in [1.82, 2.24) is 0 Å². The molecule has 22 heavy (non-hydrogen) atoms. The van der Waals surface area contributed by atoms with Crippen LogP contribution in [0.15, 0.2) is 42.5 Å². The van der Waals surface area contributed by atoms with Crippen LogP contribution in [-0.2, 0) is 0 Å². The lowest BCUT2D eigenvalue weighted by Crippen LogP contribution is -2.27. The van der Waals surface area contributed by atoms with Crippen LogP contribution in [0.5, 0.6) is 0 Å². The lowest BCUT2D eigenvalue weighted by atomic mass is 9.67. The van der Waals surface area contributed by atoms with Gasteiger partial charge in [-0.1, -0.05) is 47.5 Å². The van der Waals surface area contributed by atoms with Crippen LogP contribution >= 0.6 is 45.8 Å². The quantitative estimate of drug-likeness (QED) is 0.395. The van der Waals surface area contributed by atoms with E-state index in [1.54, 1.807) is 0 Å². The standard InChI is InChI=1S/C18H15Cl2IO/c19-14-5-3-6-15(20)18(14)12-9-8-11(12)10-17(22)13-4-1-2-7-16(13)21/h1-7,11-12H,8-10H2/t11-,12-/m0/s1. The molecule has 1 aliphatic rings. The third kappa shape index (κ3) is 3.19. The Balaban J connectivity index is 1.77. The van der Waals surface area contributed by atoms with Crippen molar-refractivity contribution in [2.45, 2.75) is 25.2 Å². The fourth-order valence-corrected chi connectivity index (χ4v) is 4.46. The number of Topliss-reactive ketones (excluding diaryl/α,β-unsaturated/α-hetero) is 1. The minimum Gasteiger partial charge on any atom is -0.294 e. The monoisotopic (exact) mass is 444 g/mol. The third-order valence-electron chi connectivity index (χ3n) is 4.41. The Bertz CT molecular complexity index is 694. The largest absolute Gasteiger partial charge is 0.294 e. The maximum absolute atomic E-state index is 12.5. The van der Waals surface area contributed by atoms with Gasteiger partial charge in [-0.3, -0.25) is 4.79 Å². The summed E-state index contributed by atoms with van der Waals surface area (Å²) in [6.45, 7) is 0. The number of ketones is 1. The Labute approximate surface area is 154 Å². The maximum atomic E-state index is 12.5. The zero-order valence-electron chi connectivity index (χ0n) is 11.9. The van der Waals surface area contributed by atoms with Gasteiger partial charge in [0.05, 0.1) is 0 Å². The summed E-state index contributed by atoms with van der Waals surface area (Å²) in [7, 11) is 0. The third-order valence-corrected chi connectivity index (χ3v) is 6.01. The van der Waals surface area contributed by atoms with Crippen molar-refractivity contribution < 1.29 is 4.79 Å². The summed E-state index contributed by atoms with van der Waals surface area (Å²) in [5.41, 5.74) is 1.83. The van der Waals surface area contributed by atoms with E-state index in [2.05, 4.69) is 22.6 Å². The molecule has 0 spiro atoms. The van der Waals surface area contributed by atoms with Gasteiger partial charge in [0.25, 0.3) is 0 Å². The van der Waals surface area contributed by atoms with Gasteiger partial charge in [-0.05, 0) is 71.0 Å². The first-order valence-electron chi connectivity index (χ1n) is 7.29. The van der Waals surface area contributed by atoms with Crippen LogP contribution in [0.3, 0.4) is 0 Å². The van der Waals surface area contributed by atoms with E-state index in [0.717, 1.165) is 27.5 Å². The smallest absolute Gasteiger partial charge is 0.164 e. The summed E-state index contributed by atoms with van der Waals surface area (Å²) in [6, 6.07) is 13.4. The molecule has 0 unspecified atom stereocenters. The minimum absolute atomic E-state index is 0.211. The van der Waals surface area contributed by atoms with Crippen molar-refractivity contribution in [3.63, 3.8) is 0 Å². The molecule has 0 aliphatic heterocycles. The SMILES string of the molecule is O=C(C[C@@H]1CC[C@@H]1c1c(Cl)cccc1Cl)c1ccccc1I. The summed E-state index contributed by atoms with van der Waals surface area (Å²) in [5, 5.41) is 1.42. The molecule has 114 valence electrons. The van der Waals surface area contributed by atoms with Crippen molar-refractivity contribution in [2.24, 2.45) is 5.92 Å². The summed E-state index contributed by atoms with van der Waals surface area (Å²) in [4.78, 5) is 12.5. The van der Waals surface area contributed by atoms with Gasteiger partial charge in [0.15, 0.2) is 5.78 Å². The van der Waals surface area contributed by atoms with Crippen LogP contribution in [0.2, 0.25) is 10.0 Å². The first-order valence-corrected chi connectivity index (χ1v) is 9.13. The normalized spacial score (nSPS) is 20.5. The Morgan fingerprint density at radius 1 is 1.05 bits per heavy atom. The molecule has 0 heterocycles. The summed E-state index contributed by atoms with van der Waals surface area (Å²) in [6.07, 6.45) is 2.67. The molecule has 2 atom stereocenters. The molecular formula is C18H15Cl2IO. The van der Waals surface area contributed by atoms with E-state index in [4.69, 9.17) is 23.2 Å². The Morgan fingerprint density at radius 3 is 2.32 bits per heavy atom. The average Bonchev–Trinajstić information content (AvgIpc) is 2.47. The van der Waals surface area contributed by atoms with Crippen LogP contribution in [-0.4, -0.2) is 5.78 Å². The second-order valence-electron chi connectivity index (χ2n) is 5.69. The number of carbonyl (C=O) groups is 1. The van der Waals surface area contributed by atoms with E-state index in [0.29, 0.717) is 28.3 Å². The maximum Gasteiger partial charge on any atom is 0.164 e. The number of benzene rings is 2. The van der Waals surface area contributed by atoms with E-state index in [1.165, 1.54) is 0 Å². The number of rotatable bonds is 4. The lowest BCUT2D eigenvalue weighted by Gasteiger charge is -2.37. The molecule has 3 rings (SSSR count). The second kappa shape index (κ2) is 6.90. The zero-order chi connectivity index (χ0) is 15.7. The Hall–Kier alpha value is -0.580. The fraction of sp³-hybridized carbons (Fsp3) is 0.278. The number of hydrogen-bond donors (Lipinski definition) is 0. The molecule has 1 nitrogen and oxygen atoms in total. The number of halogens is 3. The van der Waals surface area contributed by atoms with Crippen molar-refractivity contribution in [1.29, 1.82) is 0 Å². The average molecular weight is 445 g/mol. The van der Waals surface area contributed by atoms with Crippen molar-refractivity contribution in [3.05, 3.63) is 67.2 Å². The zero-order valence-corrected chi connectivity index (χ0v) is 15.5. The molecule has 0 amide bonds. The van der Waals surface area contributed by atoms with Gasteiger partial charge in [-0.15, -0.1) is 0 Å². The number of carbonyl (C=O) groups excluding carboxylic acids is 1. The summed E-state index contributed by atoms with van der Waals surface area (Å²) >= 11 is 14.8. The van der Waals surface area contributed by atoms with Gasteiger partial charge < -0.3 is 0 Å². The first-order chi connectivity index (χ1) is 10.6. The van der Waals surface area contributed by atoms with Gasteiger partial charge in [0.2, 0.25) is 0 Å². The predicted octanol–water partition coefficient (Wildman–Crippen LogP) is 6.36. The molecule has 1 fully saturated rings. The molecule has 0 saturated heterocycles. The van der Waals surface area contributed by atoms with E-state index in [-0.39, 0.29) is 5.78 Å². The molecule has 1 saturated carbocycles. The van der Waals surface area contributed by atoms with E-state index >= 15 is 0 Å². The molecule has 1 aliphatic carbocycles. The van der Waals surface area contributed by atoms with E-state index < -0.39 is 0 Å². The molecule has 0 N–H and O–H groups in total. The summed E-state index contributed by atoms with van der Waals surface area (Å²) < 4.78 is 1.01.